The lowest BCUT2D eigenvalue weighted by molar-refractivity contribution is -0.339. The number of benzene rings is 2. The second-order valence-corrected chi connectivity index (χ2v) is 11.4. The normalized spacial score (nSPS) is 14.3. The summed E-state index contributed by atoms with van der Waals surface area (Å²) in [6, 6.07) is 4.53. The van der Waals surface area contributed by atoms with Gasteiger partial charge in [-0.1, -0.05) is 53.4 Å². The number of rotatable bonds is 2. The Bertz CT molecular complexity index is 1360. The molecule has 0 aromatic heterocycles. The van der Waals surface area contributed by atoms with Gasteiger partial charge in [0.2, 0.25) is 0 Å². The van der Waals surface area contributed by atoms with Crippen LogP contribution in [0.4, 0.5) is 61.5 Å². The first-order chi connectivity index (χ1) is 18.4. The fourth-order valence-electron chi connectivity index (χ4n) is 3.60. The largest absolute Gasteiger partial charge is 0.461 e. The van der Waals surface area contributed by atoms with Crippen molar-refractivity contribution in [2.75, 3.05) is 0 Å². The molecule has 0 aliphatic heterocycles. The fourth-order valence-corrected chi connectivity index (χ4v) is 3.60. The van der Waals surface area contributed by atoms with Gasteiger partial charge in [-0.05, 0) is 68.8 Å². The van der Waals surface area contributed by atoms with E-state index in [2.05, 4.69) is 0 Å². The number of hydrogen-bond donors (Lipinski definition) is 0. The molecule has 2 rings (SSSR count). The molecule has 0 aliphatic rings. The van der Waals surface area contributed by atoms with Crippen LogP contribution in [-0.4, -0.2) is 36.0 Å². The van der Waals surface area contributed by atoms with Crippen molar-refractivity contribution in [2.24, 2.45) is 0 Å². The quantitative estimate of drug-likeness (QED) is 0.231. The number of hydrogen-bond acceptors (Lipinski definition) is 0. The van der Waals surface area contributed by atoms with Gasteiger partial charge >= 0.3 is 36.0 Å². The zero-order valence-corrected chi connectivity index (χ0v) is 22.6. The van der Waals surface area contributed by atoms with Gasteiger partial charge < -0.3 is 0 Å². The molecule has 0 saturated heterocycles. The third kappa shape index (κ3) is 6.57. The predicted octanol–water partition coefficient (Wildman–Crippen LogP) is 9.80. The van der Waals surface area contributed by atoms with Gasteiger partial charge in [0.15, 0.2) is 0 Å². The summed E-state index contributed by atoms with van der Waals surface area (Å²) in [5.74, 6) is -20.2. The summed E-state index contributed by atoms with van der Waals surface area (Å²) in [6.45, 7) is 9.22. The summed E-state index contributed by atoms with van der Waals surface area (Å²) < 4.78 is 184. The molecule has 0 nitrogen and oxygen atoms in total. The monoisotopic (exact) mass is 624 g/mol. The summed E-state index contributed by atoms with van der Waals surface area (Å²) >= 11 is 0. The molecule has 2 aromatic carbocycles. The molecular weight excluding hydrogens is 602 g/mol. The van der Waals surface area contributed by atoms with Crippen LogP contribution in [0, 0.1) is 23.7 Å². The van der Waals surface area contributed by atoms with E-state index < -0.39 is 58.0 Å². The molecule has 0 fully saturated rings. The molecule has 0 unspecified atom stereocenters. The average Bonchev–Trinajstić information content (AvgIpc) is 2.77. The molecule has 232 valence electrons. The van der Waals surface area contributed by atoms with Crippen LogP contribution in [0.3, 0.4) is 0 Å². The van der Waals surface area contributed by atoms with Crippen LogP contribution < -0.4 is 0 Å². The Morgan fingerprint density at radius 3 is 0.929 bits per heavy atom. The molecule has 2 aromatic rings. The maximum atomic E-state index is 13.9. The van der Waals surface area contributed by atoms with E-state index in [1.165, 1.54) is 53.7 Å². The summed E-state index contributed by atoms with van der Waals surface area (Å²) in [4.78, 5) is 0. The first-order valence-electron chi connectivity index (χ1n) is 11.7. The highest BCUT2D eigenvalue weighted by Gasteiger charge is 2.73. The zero-order valence-electron chi connectivity index (χ0n) is 22.6. The van der Waals surface area contributed by atoms with Crippen molar-refractivity contribution in [3.63, 3.8) is 0 Å². The lowest BCUT2D eigenvalue weighted by atomic mass is 9.79. The second-order valence-electron chi connectivity index (χ2n) is 11.4. The van der Waals surface area contributed by atoms with E-state index in [1.54, 1.807) is 11.8 Å². The molecule has 0 N–H and O–H groups in total. The van der Waals surface area contributed by atoms with E-state index in [9.17, 15) is 61.5 Å². The van der Waals surface area contributed by atoms with E-state index in [1.807, 2.05) is 0 Å². The first kappa shape index (κ1) is 35.0. The van der Waals surface area contributed by atoms with Gasteiger partial charge in [0.1, 0.15) is 0 Å². The van der Waals surface area contributed by atoms with Gasteiger partial charge in [0.25, 0.3) is 0 Å². The maximum Gasteiger partial charge on any atom is 0.461 e. The number of halogens is 14. The number of alkyl halides is 14. The highest BCUT2D eigenvalue weighted by Crippen LogP contribution is 2.47. The van der Waals surface area contributed by atoms with Gasteiger partial charge in [-0.2, -0.15) is 61.5 Å². The smallest absolute Gasteiger partial charge is 0.188 e. The van der Waals surface area contributed by atoms with Crippen LogP contribution in [0.1, 0.15) is 63.8 Å². The summed E-state index contributed by atoms with van der Waals surface area (Å²) in [5.41, 5.74) is -2.67. The Labute approximate surface area is 231 Å². The first-order valence-corrected chi connectivity index (χ1v) is 11.7. The summed E-state index contributed by atoms with van der Waals surface area (Å²) in [6.07, 6.45) is -13.3. The second kappa shape index (κ2) is 10.2. The Morgan fingerprint density at radius 1 is 0.429 bits per heavy atom. The summed E-state index contributed by atoms with van der Waals surface area (Å²) in [7, 11) is 0. The molecule has 0 heterocycles. The molecule has 0 spiro atoms. The zero-order chi connectivity index (χ0) is 33.1. The Balaban J connectivity index is 2.92. The molecule has 0 saturated carbocycles. The van der Waals surface area contributed by atoms with Crippen molar-refractivity contribution >= 4 is 10.8 Å². The molecule has 0 radical (unpaired) electrons. The SMILES string of the molecule is CC(C)(C)c1cc2cc(C(C)(C)C)c(C#CC(F)(F)C(F)(F)C(F)(F)F)cc2cc1C#CC(F)(F)C(F)(F)C(F)(F)F. The van der Waals surface area contributed by atoms with Crippen molar-refractivity contribution in [1.29, 1.82) is 0 Å². The van der Waals surface area contributed by atoms with Crippen LogP contribution in [0.25, 0.3) is 10.8 Å². The molecule has 0 atom stereocenters. The maximum absolute atomic E-state index is 13.9. The van der Waals surface area contributed by atoms with Crippen molar-refractivity contribution in [2.45, 2.75) is 88.4 Å². The van der Waals surface area contributed by atoms with Crippen molar-refractivity contribution in [3.05, 3.63) is 46.5 Å². The third-order valence-corrected chi connectivity index (χ3v) is 5.94. The number of fused-ring (bicyclic) bond motifs is 1. The molecule has 0 bridgehead atoms. The van der Waals surface area contributed by atoms with Gasteiger partial charge in [0, 0.05) is 11.1 Å². The molecule has 0 amide bonds. The van der Waals surface area contributed by atoms with Crippen LogP contribution in [-0.2, 0) is 10.8 Å². The standard InChI is InChI=1S/C28H22F14/c1-21(2,3)19-13-18-14-20(22(4,5)6)16(8-10-24(31,32)26(35,36)28(40,41)42)12-17(18)11-15(19)7-9-23(29,30)25(33,34)27(37,38)39/h11-14H,1-6H3. The van der Waals surface area contributed by atoms with E-state index in [-0.39, 0.29) is 21.9 Å². The van der Waals surface area contributed by atoms with Crippen LogP contribution in [0.15, 0.2) is 24.3 Å². The molecule has 42 heavy (non-hydrogen) atoms. The van der Waals surface area contributed by atoms with Crippen LogP contribution >= 0.6 is 0 Å². The highest BCUT2D eigenvalue weighted by atomic mass is 19.4. The van der Waals surface area contributed by atoms with E-state index >= 15 is 0 Å². The van der Waals surface area contributed by atoms with Gasteiger partial charge in [-0.3, -0.25) is 0 Å². The van der Waals surface area contributed by atoms with E-state index in [4.69, 9.17) is 0 Å². The minimum atomic E-state index is -6.64. The highest BCUT2D eigenvalue weighted by molar-refractivity contribution is 5.88. The van der Waals surface area contributed by atoms with Crippen LogP contribution in [0.2, 0.25) is 0 Å². The van der Waals surface area contributed by atoms with Gasteiger partial charge in [0.05, 0.1) is 0 Å². The lowest BCUT2D eigenvalue weighted by Gasteiger charge is -2.26. The topological polar surface area (TPSA) is 0 Å². The van der Waals surface area contributed by atoms with Gasteiger partial charge in [-0.15, -0.1) is 0 Å². The molecule has 14 heteroatoms. The summed E-state index contributed by atoms with van der Waals surface area (Å²) in [5, 5.41) is 0.141. The van der Waals surface area contributed by atoms with Crippen LogP contribution in [0.5, 0.6) is 0 Å². The van der Waals surface area contributed by atoms with Crippen molar-refractivity contribution in [3.8, 4) is 23.7 Å². The minimum Gasteiger partial charge on any atom is -0.188 e. The van der Waals surface area contributed by atoms with Gasteiger partial charge in [-0.25, -0.2) is 0 Å². The van der Waals surface area contributed by atoms with Crippen molar-refractivity contribution in [1.82, 2.24) is 0 Å². The Kier molecular flexibility index (Phi) is 8.54. The fraction of sp³-hybridized carbons (Fsp3) is 0.500. The van der Waals surface area contributed by atoms with E-state index in [0.717, 1.165) is 12.1 Å². The Morgan fingerprint density at radius 2 is 0.690 bits per heavy atom. The Hall–Kier alpha value is -3.16. The average molecular weight is 624 g/mol. The lowest BCUT2D eigenvalue weighted by Crippen LogP contribution is -2.51. The van der Waals surface area contributed by atoms with E-state index in [0.29, 0.717) is 11.8 Å². The van der Waals surface area contributed by atoms with Crippen molar-refractivity contribution < 1.29 is 61.5 Å². The molecule has 0 aliphatic carbocycles. The minimum absolute atomic E-state index is 0.0959. The predicted molar refractivity (Wildman–Crippen MR) is 127 cm³/mol. The molecular formula is C28H22F14. The third-order valence-electron chi connectivity index (χ3n) is 5.94.